The number of fused-ring (bicyclic) bond motifs is 1. The first-order chi connectivity index (χ1) is 14.9. The second-order valence-corrected chi connectivity index (χ2v) is 7.42. The number of nitrogens with one attached hydrogen (secondary N) is 2. The minimum atomic E-state index is -0.995. The van der Waals surface area contributed by atoms with E-state index in [9.17, 15) is 9.90 Å². The molecule has 1 aliphatic heterocycles. The molecule has 3 aromatic carbocycles. The molecule has 1 aliphatic rings. The molecule has 3 aromatic rings. The molecule has 0 aromatic heterocycles. The monoisotopic (exact) mass is 440 g/mol. The third kappa shape index (κ3) is 4.04. The van der Waals surface area contributed by atoms with Gasteiger partial charge in [-0.3, -0.25) is 0 Å². The molecule has 0 bridgehead atoms. The molecule has 0 aliphatic carbocycles. The fraction of sp³-hybridized carbons (Fsp3) is 0.174. The highest BCUT2D eigenvalue weighted by Crippen LogP contribution is 2.41. The van der Waals surface area contributed by atoms with Gasteiger partial charge >= 0.3 is 5.97 Å². The Morgan fingerprint density at radius 2 is 1.68 bits per heavy atom. The molecule has 7 nitrogen and oxygen atoms in total. The standard InChI is InChI=1S/C23H21ClN2O5/c1-12-4-6-14(9-15(12)22(27)28)31-23-25-18-10-16(17(24)11-19(18)26-23)13-5-7-20(29-2)21(8-13)30-3/h4-11,23,25-26H,1-3H3,(H,27,28). The van der Waals surface area contributed by atoms with Gasteiger partial charge in [0.25, 0.3) is 0 Å². The second kappa shape index (κ2) is 8.28. The quantitative estimate of drug-likeness (QED) is 0.483. The maximum Gasteiger partial charge on any atom is 0.336 e. The first kappa shape index (κ1) is 20.7. The Balaban J connectivity index is 1.58. The van der Waals surface area contributed by atoms with Gasteiger partial charge in [0.05, 0.1) is 36.2 Å². The molecule has 0 saturated heterocycles. The Labute approximate surface area is 184 Å². The van der Waals surface area contributed by atoms with Crippen molar-refractivity contribution in [3.8, 4) is 28.4 Å². The van der Waals surface area contributed by atoms with Crippen molar-refractivity contribution in [2.45, 2.75) is 13.3 Å². The highest BCUT2D eigenvalue weighted by molar-refractivity contribution is 6.34. The van der Waals surface area contributed by atoms with Crippen molar-refractivity contribution in [1.82, 2.24) is 0 Å². The van der Waals surface area contributed by atoms with E-state index < -0.39 is 12.3 Å². The van der Waals surface area contributed by atoms with Gasteiger partial charge < -0.3 is 30.0 Å². The van der Waals surface area contributed by atoms with Crippen LogP contribution in [0, 0.1) is 6.92 Å². The fourth-order valence-corrected chi connectivity index (χ4v) is 3.73. The smallest absolute Gasteiger partial charge is 0.336 e. The lowest BCUT2D eigenvalue weighted by Gasteiger charge is -2.15. The lowest BCUT2D eigenvalue weighted by Crippen LogP contribution is -2.29. The highest BCUT2D eigenvalue weighted by atomic mass is 35.5. The van der Waals surface area contributed by atoms with E-state index in [1.807, 2.05) is 30.3 Å². The number of ether oxygens (including phenoxy) is 3. The van der Waals surface area contributed by atoms with E-state index in [-0.39, 0.29) is 5.56 Å². The predicted molar refractivity (Wildman–Crippen MR) is 120 cm³/mol. The summed E-state index contributed by atoms with van der Waals surface area (Å²) in [5, 5.41) is 16.3. The van der Waals surface area contributed by atoms with Crippen LogP contribution in [-0.2, 0) is 0 Å². The van der Waals surface area contributed by atoms with Crippen molar-refractivity contribution >= 4 is 28.9 Å². The zero-order valence-corrected chi connectivity index (χ0v) is 17.9. The molecule has 0 saturated carbocycles. The molecule has 1 heterocycles. The van der Waals surface area contributed by atoms with Gasteiger partial charge in [0.1, 0.15) is 5.75 Å². The summed E-state index contributed by atoms with van der Waals surface area (Å²) in [7, 11) is 3.17. The average Bonchev–Trinajstić information content (AvgIpc) is 3.14. The van der Waals surface area contributed by atoms with Crippen LogP contribution in [-0.4, -0.2) is 31.6 Å². The number of carboxylic acids is 1. The van der Waals surface area contributed by atoms with Gasteiger partial charge in [0.15, 0.2) is 11.5 Å². The summed E-state index contributed by atoms with van der Waals surface area (Å²) >= 11 is 6.55. The lowest BCUT2D eigenvalue weighted by molar-refractivity contribution is 0.0695. The number of hydrogen-bond donors (Lipinski definition) is 3. The molecule has 1 unspecified atom stereocenters. The van der Waals surface area contributed by atoms with E-state index >= 15 is 0 Å². The van der Waals surface area contributed by atoms with Crippen LogP contribution < -0.4 is 24.8 Å². The molecule has 160 valence electrons. The number of rotatable bonds is 6. The SMILES string of the molecule is COc1ccc(-c2cc3c(cc2Cl)NC(Oc2ccc(C)c(C(=O)O)c2)N3)cc1OC. The molecule has 1 atom stereocenters. The predicted octanol–water partition coefficient (Wildman–Crippen LogP) is 5.23. The Bertz CT molecular complexity index is 1160. The molecule has 4 rings (SSSR count). The van der Waals surface area contributed by atoms with Crippen LogP contribution in [0.2, 0.25) is 5.02 Å². The average molecular weight is 441 g/mol. The number of halogens is 1. The normalized spacial score (nSPS) is 14.3. The summed E-state index contributed by atoms with van der Waals surface area (Å²) in [4.78, 5) is 11.4. The number of carbonyl (C=O) groups is 1. The van der Waals surface area contributed by atoms with Gasteiger partial charge in [0.2, 0.25) is 6.35 Å². The first-order valence-corrected chi connectivity index (χ1v) is 9.87. The summed E-state index contributed by atoms with van der Waals surface area (Å²) in [5.41, 5.74) is 4.16. The van der Waals surface area contributed by atoms with Crippen molar-refractivity contribution in [3.63, 3.8) is 0 Å². The second-order valence-electron chi connectivity index (χ2n) is 7.02. The zero-order chi connectivity index (χ0) is 22.1. The molecule has 3 N–H and O–H groups in total. The summed E-state index contributed by atoms with van der Waals surface area (Å²) in [6.07, 6.45) is -0.573. The van der Waals surface area contributed by atoms with Crippen LogP contribution in [0.25, 0.3) is 11.1 Å². The number of aromatic carboxylic acids is 1. The zero-order valence-electron chi connectivity index (χ0n) is 17.2. The first-order valence-electron chi connectivity index (χ1n) is 9.49. The molecular weight excluding hydrogens is 420 g/mol. The van der Waals surface area contributed by atoms with Gasteiger partial charge in [0, 0.05) is 5.56 Å². The summed E-state index contributed by atoms with van der Waals surface area (Å²) < 4.78 is 16.6. The minimum Gasteiger partial charge on any atom is -0.493 e. The van der Waals surface area contributed by atoms with Crippen molar-refractivity contribution in [2.24, 2.45) is 0 Å². The van der Waals surface area contributed by atoms with E-state index in [4.69, 9.17) is 25.8 Å². The van der Waals surface area contributed by atoms with E-state index in [2.05, 4.69) is 10.6 Å². The number of aryl methyl sites for hydroxylation is 1. The molecule has 0 amide bonds. The van der Waals surface area contributed by atoms with Crippen LogP contribution in [0.15, 0.2) is 48.5 Å². The van der Waals surface area contributed by atoms with E-state index in [1.54, 1.807) is 33.3 Å². The number of benzene rings is 3. The third-order valence-corrected chi connectivity index (χ3v) is 5.38. The molecule has 0 spiro atoms. The molecular formula is C23H21ClN2O5. The van der Waals surface area contributed by atoms with Crippen LogP contribution in [0.5, 0.6) is 17.2 Å². The Morgan fingerprint density at radius 1 is 0.968 bits per heavy atom. The van der Waals surface area contributed by atoms with Crippen molar-refractivity contribution in [3.05, 3.63) is 64.7 Å². The van der Waals surface area contributed by atoms with Crippen LogP contribution in [0.4, 0.5) is 11.4 Å². The number of carboxylic acid groups (broad SMARTS) is 1. The number of methoxy groups -OCH3 is 2. The summed E-state index contributed by atoms with van der Waals surface area (Å²) in [6, 6.07) is 14.3. The molecule has 0 radical (unpaired) electrons. The maximum absolute atomic E-state index is 11.4. The molecule has 0 fully saturated rings. The van der Waals surface area contributed by atoms with E-state index in [0.29, 0.717) is 27.8 Å². The third-order valence-electron chi connectivity index (χ3n) is 5.07. The Hall–Kier alpha value is -3.58. The van der Waals surface area contributed by atoms with Gasteiger partial charge in [-0.1, -0.05) is 23.7 Å². The van der Waals surface area contributed by atoms with Crippen molar-refractivity contribution < 1.29 is 24.1 Å². The largest absolute Gasteiger partial charge is 0.493 e. The Kier molecular flexibility index (Phi) is 5.52. The van der Waals surface area contributed by atoms with Gasteiger partial charge in [-0.25, -0.2) is 4.79 Å². The van der Waals surface area contributed by atoms with E-state index in [1.165, 1.54) is 6.07 Å². The minimum absolute atomic E-state index is 0.201. The van der Waals surface area contributed by atoms with Crippen LogP contribution in [0.3, 0.4) is 0 Å². The Morgan fingerprint density at radius 3 is 2.35 bits per heavy atom. The van der Waals surface area contributed by atoms with Crippen molar-refractivity contribution in [1.29, 1.82) is 0 Å². The van der Waals surface area contributed by atoms with Crippen LogP contribution in [0.1, 0.15) is 15.9 Å². The topological polar surface area (TPSA) is 89.1 Å². The summed E-state index contributed by atoms with van der Waals surface area (Å²) in [5.74, 6) is 0.685. The van der Waals surface area contributed by atoms with Crippen LogP contribution >= 0.6 is 11.6 Å². The highest BCUT2D eigenvalue weighted by Gasteiger charge is 2.24. The fourth-order valence-electron chi connectivity index (χ4n) is 3.46. The van der Waals surface area contributed by atoms with Gasteiger partial charge in [-0.05, 0) is 54.4 Å². The van der Waals surface area contributed by atoms with Gasteiger partial charge in [-0.2, -0.15) is 0 Å². The molecule has 8 heteroatoms. The maximum atomic E-state index is 11.4. The van der Waals surface area contributed by atoms with Gasteiger partial charge in [-0.15, -0.1) is 0 Å². The molecule has 31 heavy (non-hydrogen) atoms. The lowest BCUT2D eigenvalue weighted by atomic mass is 10.0. The number of hydrogen-bond acceptors (Lipinski definition) is 6. The van der Waals surface area contributed by atoms with Crippen molar-refractivity contribution in [2.75, 3.05) is 24.9 Å². The van der Waals surface area contributed by atoms with E-state index in [0.717, 1.165) is 22.5 Å². The number of anilines is 2. The summed E-state index contributed by atoms with van der Waals surface area (Å²) in [6.45, 7) is 1.74.